The van der Waals surface area contributed by atoms with Gasteiger partial charge in [0.1, 0.15) is 17.7 Å². The second kappa shape index (κ2) is 15.0. The maximum Gasteiger partial charge on any atom is 0.306 e. The summed E-state index contributed by atoms with van der Waals surface area (Å²) in [5.41, 5.74) is -0.518. The van der Waals surface area contributed by atoms with E-state index in [0.717, 1.165) is 67.7 Å². The Bertz CT molecular complexity index is 1870. The van der Waals surface area contributed by atoms with Gasteiger partial charge in [0.25, 0.3) is 5.91 Å². The molecule has 4 bridgehead atoms. The highest BCUT2D eigenvalue weighted by atomic mass is 32.2. The summed E-state index contributed by atoms with van der Waals surface area (Å²) in [4.78, 5) is 61.7. The highest BCUT2D eigenvalue weighted by Crippen LogP contribution is 2.46. The van der Waals surface area contributed by atoms with Crippen molar-refractivity contribution in [3.8, 4) is 5.88 Å². The number of aromatic nitrogens is 1. The number of amides is 3. The Morgan fingerprint density at radius 2 is 1.85 bits per heavy atom. The Labute approximate surface area is 304 Å². The van der Waals surface area contributed by atoms with Crippen LogP contribution in [-0.2, 0) is 33.9 Å². The van der Waals surface area contributed by atoms with Gasteiger partial charge in [0.15, 0.2) is 0 Å². The van der Waals surface area contributed by atoms with Crippen molar-refractivity contribution >= 4 is 50.6 Å². The first-order valence-electron chi connectivity index (χ1n) is 18.8. The van der Waals surface area contributed by atoms with E-state index in [1.165, 1.54) is 11.0 Å². The van der Waals surface area contributed by atoms with Crippen LogP contribution in [0.15, 0.2) is 49.2 Å². The monoisotopic (exact) mass is 732 g/mol. The van der Waals surface area contributed by atoms with Crippen LogP contribution in [0.5, 0.6) is 5.88 Å². The van der Waals surface area contributed by atoms with Gasteiger partial charge in [0, 0.05) is 23.9 Å². The van der Waals surface area contributed by atoms with Crippen molar-refractivity contribution in [1.29, 1.82) is 0 Å². The van der Waals surface area contributed by atoms with Gasteiger partial charge in [-0.2, -0.15) is 0 Å². The summed E-state index contributed by atoms with van der Waals surface area (Å²) < 4.78 is 39.8. The zero-order valence-electron chi connectivity index (χ0n) is 29.5. The molecule has 278 valence electrons. The largest absolute Gasteiger partial charge is 0.472 e. The van der Waals surface area contributed by atoms with Crippen molar-refractivity contribution < 1.29 is 37.1 Å². The number of pyridine rings is 1. The summed E-state index contributed by atoms with van der Waals surface area (Å²) in [7, 11) is -3.87. The minimum absolute atomic E-state index is 0.0372. The molecule has 1 saturated heterocycles. The van der Waals surface area contributed by atoms with Crippen LogP contribution >= 0.6 is 0 Å². The number of ether oxygens (including phenoxy) is 2. The average molecular weight is 733 g/mol. The molecule has 0 radical (unpaired) electrons. The molecule has 7 rings (SSSR count). The lowest BCUT2D eigenvalue weighted by atomic mass is 9.86. The number of sulfonamides is 1. The Morgan fingerprint density at radius 1 is 1.04 bits per heavy atom. The third-order valence-corrected chi connectivity index (χ3v) is 13.2. The van der Waals surface area contributed by atoms with Gasteiger partial charge < -0.3 is 19.7 Å². The summed E-state index contributed by atoms with van der Waals surface area (Å²) in [6, 6.07) is 6.92. The van der Waals surface area contributed by atoms with Crippen molar-refractivity contribution in [2.45, 2.75) is 106 Å². The van der Waals surface area contributed by atoms with Crippen molar-refractivity contribution in [2.75, 3.05) is 13.2 Å². The molecule has 3 saturated carbocycles. The zero-order chi connectivity index (χ0) is 36.5. The van der Waals surface area contributed by atoms with Gasteiger partial charge in [-0.3, -0.25) is 23.9 Å². The van der Waals surface area contributed by atoms with Gasteiger partial charge >= 0.3 is 5.97 Å². The molecule has 3 amide bonds. The molecule has 5 atom stereocenters. The lowest BCUT2D eigenvalue weighted by molar-refractivity contribution is -0.152. The van der Waals surface area contributed by atoms with Crippen LogP contribution in [0.25, 0.3) is 16.8 Å². The minimum Gasteiger partial charge on any atom is -0.472 e. The predicted octanol–water partition coefficient (Wildman–Crippen LogP) is 4.58. The fourth-order valence-electron chi connectivity index (χ4n) is 8.12. The van der Waals surface area contributed by atoms with E-state index in [1.807, 2.05) is 24.3 Å². The molecule has 4 fully saturated rings. The molecule has 2 aromatic rings. The van der Waals surface area contributed by atoms with Crippen LogP contribution < -0.4 is 14.8 Å². The Hall–Kier alpha value is -4.26. The van der Waals surface area contributed by atoms with E-state index in [4.69, 9.17) is 9.47 Å². The fourth-order valence-corrected chi connectivity index (χ4v) is 9.49. The smallest absolute Gasteiger partial charge is 0.306 e. The van der Waals surface area contributed by atoms with Crippen LogP contribution in [0.4, 0.5) is 0 Å². The van der Waals surface area contributed by atoms with Gasteiger partial charge in [-0.15, -0.1) is 6.58 Å². The number of esters is 1. The van der Waals surface area contributed by atoms with Crippen LogP contribution in [0.2, 0.25) is 0 Å². The number of benzene rings is 1. The number of cyclic esters (lactones) is 1. The van der Waals surface area contributed by atoms with Crippen LogP contribution in [0.1, 0.15) is 89.0 Å². The molecule has 1 aromatic carbocycles. The Kier molecular flexibility index (Phi) is 10.4. The number of nitrogens with one attached hydrogen (secondary N) is 2. The van der Waals surface area contributed by atoms with Gasteiger partial charge in [-0.25, -0.2) is 13.4 Å². The highest BCUT2D eigenvalue weighted by molar-refractivity contribution is 7.91. The second-order valence-electron chi connectivity index (χ2n) is 15.1. The SMILES string of the molecule is C=C[C@@H]1C[C@]1(NC(=O)[C@@H]1C[C@@H]2CN1C(=O)C(C1CCCC1)CC(=O)OCCCCC/C=C/c1ccc3ccnc(c3c1)O2)C(=O)NS(=O)(=O)C1CC1. The van der Waals surface area contributed by atoms with Crippen molar-refractivity contribution in [3.63, 3.8) is 0 Å². The molecule has 2 aliphatic heterocycles. The van der Waals surface area contributed by atoms with Crippen LogP contribution in [0, 0.1) is 17.8 Å². The number of fused-ring (bicyclic) bond motifs is 3. The molecule has 3 aliphatic carbocycles. The lowest BCUT2D eigenvalue weighted by Gasteiger charge is -2.31. The molecule has 1 unspecified atom stereocenters. The molecule has 1 aromatic heterocycles. The molecular weight excluding hydrogens is 685 g/mol. The summed E-state index contributed by atoms with van der Waals surface area (Å²) in [5.74, 6) is -2.97. The van der Waals surface area contributed by atoms with Gasteiger partial charge in [-0.1, -0.05) is 43.2 Å². The van der Waals surface area contributed by atoms with Gasteiger partial charge in [-0.05, 0) is 86.8 Å². The number of allylic oxidation sites excluding steroid dienone is 1. The summed E-state index contributed by atoms with van der Waals surface area (Å²) >= 11 is 0. The number of nitrogens with zero attached hydrogens (tertiary/aromatic N) is 2. The van der Waals surface area contributed by atoms with E-state index in [9.17, 15) is 27.6 Å². The minimum atomic E-state index is -3.87. The molecule has 5 aliphatic rings. The van der Waals surface area contributed by atoms with E-state index in [0.29, 0.717) is 18.7 Å². The first kappa shape index (κ1) is 36.1. The van der Waals surface area contributed by atoms with Crippen LogP contribution in [0.3, 0.4) is 0 Å². The molecule has 2 N–H and O–H groups in total. The number of hydrogen-bond acceptors (Lipinski definition) is 9. The number of carbonyl (C=O) groups excluding carboxylic acids is 4. The third kappa shape index (κ3) is 7.74. The quantitative estimate of drug-likeness (QED) is 0.307. The maximum absolute atomic E-state index is 14.7. The highest BCUT2D eigenvalue weighted by Gasteiger charge is 2.62. The standard InChI is InChI=1S/C39H48N4O8S/c1-2-28-23-39(28,38(47)42-52(48,49)30-15-16-30)41-35(45)33-21-29-24-43(33)37(46)32(26-11-7-8-12-26)22-34(44)50-19-9-5-3-4-6-10-25-13-14-27-17-18-40-36(51-29)31(27)20-25/h2,6,10,13-14,17-18,20,26,28-30,32-33H,1,3-5,7-9,11-12,15-16,19,21-24H2,(H,41,45)(H,42,47)/b10-6+/t28-,29-,32?,33+,39-/m1/s1. The van der Waals surface area contributed by atoms with E-state index in [1.54, 1.807) is 6.20 Å². The zero-order valence-corrected chi connectivity index (χ0v) is 30.3. The van der Waals surface area contributed by atoms with E-state index >= 15 is 0 Å². The summed E-state index contributed by atoms with van der Waals surface area (Å²) in [6.07, 6.45) is 14.9. The normalized spacial score (nSPS) is 29.6. The molecule has 3 heterocycles. The van der Waals surface area contributed by atoms with E-state index in [2.05, 4.69) is 33.8 Å². The number of hydrogen-bond donors (Lipinski definition) is 2. The predicted molar refractivity (Wildman–Crippen MR) is 194 cm³/mol. The topological polar surface area (TPSA) is 161 Å². The lowest BCUT2D eigenvalue weighted by Crippen LogP contribution is -2.57. The molecule has 52 heavy (non-hydrogen) atoms. The molecule has 13 heteroatoms. The third-order valence-electron chi connectivity index (χ3n) is 11.4. The number of carbonyl (C=O) groups is 4. The van der Waals surface area contributed by atoms with Crippen molar-refractivity contribution in [1.82, 2.24) is 19.9 Å². The molecule has 0 spiro atoms. The van der Waals surface area contributed by atoms with Crippen LogP contribution in [-0.4, -0.2) is 78.1 Å². The van der Waals surface area contributed by atoms with Gasteiger partial charge in [0.2, 0.25) is 27.7 Å². The first-order valence-corrected chi connectivity index (χ1v) is 20.3. The van der Waals surface area contributed by atoms with E-state index in [-0.39, 0.29) is 44.2 Å². The van der Waals surface area contributed by atoms with Gasteiger partial charge in [0.05, 0.1) is 30.7 Å². The molecular formula is C39H48N4O8S. The van der Waals surface area contributed by atoms with Crippen molar-refractivity contribution in [2.24, 2.45) is 17.8 Å². The van der Waals surface area contributed by atoms with Crippen molar-refractivity contribution in [3.05, 3.63) is 54.8 Å². The summed E-state index contributed by atoms with van der Waals surface area (Å²) in [6.45, 7) is 4.14. The second-order valence-corrected chi connectivity index (χ2v) is 17.0. The number of rotatable bonds is 7. The van der Waals surface area contributed by atoms with E-state index < -0.39 is 62.6 Å². The fraction of sp³-hybridized carbons (Fsp3) is 0.564. The first-order chi connectivity index (χ1) is 25.1. The Morgan fingerprint density at radius 3 is 2.60 bits per heavy atom. The Balaban J connectivity index is 1.20. The molecule has 12 nitrogen and oxygen atoms in total. The summed E-state index contributed by atoms with van der Waals surface area (Å²) in [5, 5.41) is 3.97. The average Bonchev–Trinajstić information content (AvgIpc) is 4.00. The maximum atomic E-state index is 14.7.